The number of Topliss-reactive ketones (excluding diaryl/α,β-unsaturated/α-hetero) is 2. The summed E-state index contributed by atoms with van der Waals surface area (Å²) in [5.41, 5.74) is 12.3. The number of imidazole rings is 1. The van der Waals surface area contributed by atoms with Crippen LogP contribution in [0.15, 0.2) is 12.5 Å². The lowest BCUT2D eigenvalue weighted by molar-refractivity contribution is -0.132. The van der Waals surface area contributed by atoms with Crippen LogP contribution in [0.5, 0.6) is 0 Å². The van der Waals surface area contributed by atoms with E-state index in [1.165, 1.54) is 32.0 Å². The van der Waals surface area contributed by atoms with Crippen LogP contribution in [-0.4, -0.2) is 163 Å². The predicted octanol–water partition coefficient (Wildman–Crippen LogP) is 0.811. The van der Waals surface area contributed by atoms with Gasteiger partial charge in [0.1, 0.15) is 25.6 Å². The maximum atomic E-state index is 13.1. The van der Waals surface area contributed by atoms with E-state index in [4.69, 9.17) is 39.9 Å². The lowest BCUT2D eigenvalue weighted by atomic mass is 9.85. The SMILES string of the molecule is CCCCCCCCC(=O)NCCOCCOCC(=O)NCCOCCOCC(=O)NCCOCCOCC(=O)NCCCC[C@H](CC(=O)[C@@H](N)Cc1cnc[nH]1)C(=O)C[C@@H](CC)C(N)=O. The molecule has 3 atom stereocenters. The standard InChI is InChI=1S/C45H80N8O13/c1-3-5-6-7-8-9-13-41(56)50-15-18-61-21-25-65-32-43(58)52-17-20-63-23-26-66-33-44(59)51-16-19-62-22-24-64-31-42(57)49-14-11-10-12-36(39(54)27-35(4-2)45(47)60)28-40(55)38(46)29-37-30-48-34-53-37/h30,34-36,38H,3-29,31-33,46H2,1-2H3,(H2,47,60)(H,48,53)(H,49,57)(H,50,56)(H,51,59)(H,52,58)/t35-,36-,38+/m1/s1. The fourth-order valence-electron chi connectivity index (χ4n) is 6.37. The van der Waals surface area contributed by atoms with E-state index in [0.717, 1.165) is 12.8 Å². The maximum absolute atomic E-state index is 13.1. The third-order valence-corrected chi connectivity index (χ3v) is 10.2. The number of H-pyrrole nitrogens is 1. The molecule has 0 saturated heterocycles. The average molecular weight is 941 g/mol. The molecule has 0 bridgehead atoms. The number of carbonyl (C=O) groups excluding carboxylic acids is 7. The summed E-state index contributed by atoms with van der Waals surface area (Å²) in [5.74, 6) is -3.10. The van der Waals surface area contributed by atoms with Gasteiger partial charge in [-0.05, 0) is 25.7 Å². The first-order valence-corrected chi connectivity index (χ1v) is 23.6. The number of aromatic amines is 1. The number of amides is 5. The monoisotopic (exact) mass is 941 g/mol. The molecule has 0 unspecified atom stereocenters. The number of ketones is 2. The second kappa shape index (κ2) is 40.9. The summed E-state index contributed by atoms with van der Waals surface area (Å²) < 4.78 is 32.2. The molecule has 0 radical (unpaired) electrons. The number of nitrogens with two attached hydrogens (primary N) is 2. The van der Waals surface area contributed by atoms with E-state index < -0.39 is 23.8 Å². The summed E-state index contributed by atoms with van der Waals surface area (Å²) >= 11 is 0. The van der Waals surface area contributed by atoms with Gasteiger partial charge in [-0.15, -0.1) is 0 Å². The van der Waals surface area contributed by atoms with Crippen molar-refractivity contribution < 1.29 is 62.0 Å². The van der Waals surface area contributed by atoms with Crippen LogP contribution in [-0.2, 0) is 68.4 Å². The molecular formula is C45H80N8O13. The Morgan fingerprint density at radius 1 is 0.576 bits per heavy atom. The molecule has 5 amide bonds. The van der Waals surface area contributed by atoms with E-state index >= 15 is 0 Å². The van der Waals surface area contributed by atoms with Gasteiger partial charge in [-0.3, -0.25) is 33.6 Å². The third kappa shape index (κ3) is 34.0. The topological polar surface area (TPSA) is 304 Å². The summed E-state index contributed by atoms with van der Waals surface area (Å²) in [4.78, 5) is 92.5. The van der Waals surface area contributed by atoms with Crippen LogP contribution in [0.1, 0.15) is 103 Å². The fraction of sp³-hybridized carbons (Fsp3) is 0.778. The first-order valence-electron chi connectivity index (χ1n) is 23.6. The summed E-state index contributed by atoms with van der Waals surface area (Å²) in [7, 11) is 0. The molecule has 21 heteroatoms. The molecule has 0 saturated carbocycles. The molecule has 0 aromatic carbocycles. The van der Waals surface area contributed by atoms with E-state index in [2.05, 4.69) is 38.2 Å². The van der Waals surface area contributed by atoms with Crippen molar-refractivity contribution in [2.45, 2.75) is 110 Å². The van der Waals surface area contributed by atoms with E-state index in [9.17, 15) is 33.6 Å². The quantitative estimate of drug-likeness (QED) is 0.0445. The second-order valence-electron chi connectivity index (χ2n) is 15.8. The average Bonchev–Trinajstić information content (AvgIpc) is 3.81. The summed E-state index contributed by atoms with van der Waals surface area (Å²) in [6, 6.07) is -0.806. The van der Waals surface area contributed by atoms with Crippen molar-refractivity contribution >= 4 is 41.1 Å². The minimum atomic E-state index is -0.806. The number of unbranched alkanes of at least 4 members (excludes halogenated alkanes) is 6. The molecule has 1 aromatic heterocycles. The van der Waals surface area contributed by atoms with Gasteiger partial charge in [0.2, 0.25) is 29.5 Å². The molecule has 0 fully saturated rings. The Hall–Kier alpha value is -4.38. The molecule has 1 rings (SSSR count). The Kier molecular flexibility index (Phi) is 36.9. The second-order valence-corrected chi connectivity index (χ2v) is 15.8. The van der Waals surface area contributed by atoms with Crippen molar-refractivity contribution in [3.05, 3.63) is 18.2 Å². The Bertz CT molecular complexity index is 1470. The Morgan fingerprint density at radius 3 is 1.56 bits per heavy atom. The van der Waals surface area contributed by atoms with E-state index in [0.29, 0.717) is 70.6 Å². The number of nitrogens with one attached hydrogen (secondary N) is 5. The molecular weight excluding hydrogens is 861 g/mol. The number of hydrogen-bond donors (Lipinski definition) is 7. The van der Waals surface area contributed by atoms with Crippen molar-refractivity contribution in [3.63, 3.8) is 0 Å². The van der Waals surface area contributed by atoms with Crippen LogP contribution < -0.4 is 32.7 Å². The molecule has 0 aliphatic carbocycles. The van der Waals surface area contributed by atoms with Gasteiger partial charge in [-0.2, -0.15) is 0 Å². The molecule has 0 aliphatic heterocycles. The summed E-state index contributed by atoms with van der Waals surface area (Å²) in [6.07, 6.45) is 12.6. The lowest BCUT2D eigenvalue weighted by Crippen LogP contribution is -2.36. The van der Waals surface area contributed by atoms with E-state index in [1.807, 2.05) is 0 Å². The normalized spacial score (nSPS) is 12.5. The minimum Gasteiger partial charge on any atom is -0.377 e. The van der Waals surface area contributed by atoms with Crippen LogP contribution in [0.3, 0.4) is 0 Å². The number of nitrogens with zero attached hydrogens (tertiary/aromatic N) is 1. The number of aromatic nitrogens is 2. The summed E-state index contributed by atoms with van der Waals surface area (Å²) in [5, 5.41) is 11.0. The molecule has 0 aliphatic rings. The van der Waals surface area contributed by atoms with E-state index in [1.54, 1.807) is 13.1 Å². The zero-order valence-corrected chi connectivity index (χ0v) is 39.5. The number of primary amides is 1. The Morgan fingerprint density at radius 2 is 1.06 bits per heavy atom. The first-order chi connectivity index (χ1) is 32.0. The third-order valence-electron chi connectivity index (χ3n) is 10.2. The minimum absolute atomic E-state index is 0.0350. The van der Waals surface area contributed by atoms with Crippen molar-refractivity contribution in [1.82, 2.24) is 31.2 Å². The first kappa shape index (κ1) is 59.6. The molecule has 9 N–H and O–H groups in total. The number of hydrogen-bond acceptors (Lipinski definition) is 15. The van der Waals surface area contributed by atoms with Crippen LogP contribution >= 0.6 is 0 Å². The molecule has 378 valence electrons. The number of rotatable bonds is 46. The highest BCUT2D eigenvalue weighted by molar-refractivity contribution is 5.92. The Labute approximate surface area is 390 Å². The molecule has 21 nitrogen and oxygen atoms in total. The van der Waals surface area contributed by atoms with Gasteiger partial charge in [-0.1, -0.05) is 52.4 Å². The largest absolute Gasteiger partial charge is 0.377 e. The highest BCUT2D eigenvalue weighted by Gasteiger charge is 2.28. The number of ether oxygens (including phenoxy) is 6. The van der Waals surface area contributed by atoms with Gasteiger partial charge in [-0.25, -0.2) is 4.98 Å². The van der Waals surface area contributed by atoms with Crippen LogP contribution in [0, 0.1) is 11.8 Å². The van der Waals surface area contributed by atoms with Gasteiger partial charge >= 0.3 is 0 Å². The van der Waals surface area contributed by atoms with Gasteiger partial charge in [0, 0.05) is 75.6 Å². The predicted molar refractivity (Wildman–Crippen MR) is 245 cm³/mol. The van der Waals surface area contributed by atoms with Crippen molar-refractivity contribution in [2.75, 3.05) is 105 Å². The van der Waals surface area contributed by atoms with Crippen molar-refractivity contribution in [2.24, 2.45) is 23.3 Å². The van der Waals surface area contributed by atoms with Crippen molar-refractivity contribution in [3.8, 4) is 0 Å². The van der Waals surface area contributed by atoms with Crippen molar-refractivity contribution in [1.29, 1.82) is 0 Å². The van der Waals surface area contributed by atoms with Gasteiger partial charge < -0.3 is 66.1 Å². The molecule has 66 heavy (non-hydrogen) atoms. The van der Waals surface area contributed by atoms with Crippen LogP contribution in [0.4, 0.5) is 0 Å². The molecule has 1 heterocycles. The molecule has 1 aromatic rings. The maximum Gasteiger partial charge on any atom is 0.246 e. The smallest absolute Gasteiger partial charge is 0.246 e. The van der Waals surface area contributed by atoms with E-state index in [-0.39, 0.29) is 127 Å². The summed E-state index contributed by atoms with van der Waals surface area (Å²) in [6.45, 7) is 7.18. The zero-order chi connectivity index (χ0) is 48.5. The number of carbonyl (C=O) groups is 7. The highest BCUT2D eigenvalue weighted by Crippen LogP contribution is 2.21. The fourth-order valence-corrected chi connectivity index (χ4v) is 6.37. The van der Waals surface area contributed by atoms with Gasteiger partial charge in [0.05, 0.1) is 71.8 Å². The molecule has 0 spiro atoms. The Balaban J connectivity index is 1.98. The van der Waals surface area contributed by atoms with Gasteiger partial charge in [0.15, 0.2) is 5.78 Å². The lowest BCUT2D eigenvalue weighted by Gasteiger charge is -2.19. The van der Waals surface area contributed by atoms with Gasteiger partial charge in [0.25, 0.3) is 0 Å². The highest BCUT2D eigenvalue weighted by atomic mass is 16.5. The van der Waals surface area contributed by atoms with Crippen LogP contribution in [0.25, 0.3) is 0 Å². The van der Waals surface area contributed by atoms with Crippen LogP contribution in [0.2, 0.25) is 0 Å². The zero-order valence-electron chi connectivity index (χ0n) is 39.5.